The first-order valence-corrected chi connectivity index (χ1v) is 9.30. The van der Waals surface area contributed by atoms with Crippen molar-refractivity contribution in [1.82, 2.24) is 5.32 Å². The number of esters is 2. The summed E-state index contributed by atoms with van der Waals surface area (Å²) in [5.41, 5.74) is 2.61. The Balaban J connectivity index is 2.19. The Morgan fingerprint density at radius 1 is 1.14 bits per heavy atom. The van der Waals surface area contributed by atoms with Gasteiger partial charge in [-0.3, -0.25) is 0 Å². The minimum absolute atomic E-state index is 0.0865. The van der Waals surface area contributed by atoms with Crippen LogP contribution in [0.1, 0.15) is 46.1 Å². The number of hydrogen-bond donors (Lipinski definition) is 1. The van der Waals surface area contributed by atoms with Gasteiger partial charge < -0.3 is 24.3 Å². The van der Waals surface area contributed by atoms with Crippen molar-refractivity contribution in [1.29, 1.82) is 0 Å². The Bertz CT molecular complexity index is 868. The van der Waals surface area contributed by atoms with Gasteiger partial charge in [-0.25, -0.2) is 9.59 Å². The highest BCUT2D eigenvalue weighted by molar-refractivity contribution is 6.00. The Hall–Kier alpha value is -2.96. The van der Waals surface area contributed by atoms with E-state index in [-0.39, 0.29) is 19.5 Å². The van der Waals surface area contributed by atoms with Crippen molar-refractivity contribution in [3.05, 3.63) is 46.3 Å². The molecule has 1 atom stereocenters. The lowest BCUT2D eigenvalue weighted by atomic mass is 9.80. The van der Waals surface area contributed by atoms with E-state index in [0.29, 0.717) is 39.6 Å². The van der Waals surface area contributed by atoms with Gasteiger partial charge in [0.15, 0.2) is 11.5 Å². The van der Waals surface area contributed by atoms with Crippen LogP contribution >= 0.6 is 0 Å². The van der Waals surface area contributed by atoms with Crippen LogP contribution in [0.15, 0.2) is 40.7 Å². The van der Waals surface area contributed by atoms with Crippen LogP contribution in [0.3, 0.4) is 0 Å². The van der Waals surface area contributed by atoms with E-state index < -0.39 is 17.9 Å². The Morgan fingerprint density at radius 3 is 2.46 bits per heavy atom. The molecule has 7 nitrogen and oxygen atoms in total. The molecule has 2 aliphatic rings. The first kappa shape index (κ1) is 19.8. The zero-order chi connectivity index (χ0) is 20.4. The molecule has 150 valence electrons. The molecular formula is C21H25NO6. The largest absolute Gasteiger partial charge is 0.463 e. The van der Waals surface area contributed by atoms with Gasteiger partial charge in [-0.1, -0.05) is 12.1 Å². The first-order chi connectivity index (χ1) is 13.3. The van der Waals surface area contributed by atoms with E-state index in [0.717, 1.165) is 0 Å². The lowest BCUT2D eigenvalue weighted by Crippen LogP contribution is -2.33. The summed E-state index contributed by atoms with van der Waals surface area (Å²) in [6.45, 7) is 9.19. The van der Waals surface area contributed by atoms with E-state index in [1.54, 1.807) is 40.7 Å². The number of ether oxygens (including phenoxy) is 4. The molecule has 0 fully saturated rings. The maximum atomic E-state index is 13.0. The zero-order valence-electron chi connectivity index (χ0n) is 16.8. The van der Waals surface area contributed by atoms with Crippen molar-refractivity contribution >= 4 is 11.9 Å². The van der Waals surface area contributed by atoms with Crippen LogP contribution in [0.4, 0.5) is 0 Å². The molecule has 1 aromatic rings. The second-order valence-electron chi connectivity index (χ2n) is 6.89. The van der Waals surface area contributed by atoms with Crippen molar-refractivity contribution in [2.75, 3.05) is 13.4 Å². The third-order valence-corrected chi connectivity index (χ3v) is 4.56. The van der Waals surface area contributed by atoms with Gasteiger partial charge in [0.1, 0.15) is 0 Å². The van der Waals surface area contributed by atoms with E-state index in [1.807, 2.05) is 12.1 Å². The molecule has 3 rings (SSSR count). The number of dihydropyridines is 1. The number of para-hydroxylation sites is 1. The molecular weight excluding hydrogens is 362 g/mol. The van der Waals surface area contributed by atoms with E-state index in [9.17, 15) is 9.59 Å². The lowest BCUT2D eigenvalue weighted by molar-refractivity contribution is -0.143. The minimum atomic E-state index is -0.691. The fourth-order valence-corrected chi connectivity index (χ4v) is 3.51. The zero-order valence-corrected chi connectivity index (χ0v) is 16.8. The van der Waals surface area contributed by atoms with Gasteiger partial charge in [0, 0.05) is 17.0 Å². The summed E-state index contributed by atoms with van der Waals surface area (Å²) in [6, 6.07) is 5.42. The number of rotatable bonds is 5. The summed E-state index contributed by atoms with van der Waals surface area (Å²) >= 11 is 0. The quantitative estimate of drug-likeness (QED) is 0.777. The normalized spacial score (nSPS) is 18.3. The highest BCUT2D eigenvalue weighted by atomic mass is 16.7. The number of benzene rings is 1. The lowest BCUT2D eigenvalue weighted by Gasteiger charge is -2.31. The van der Waals surface area contributed by atoms with Gasteiger partial charge in [-0.2, -0.15) is 0 Å². The molecule has 2 aliphatic heterocycles. The molecule has 0 saturated heterocycles. The fourth-order valence-electron chi connectivity index (χ4n) is 3.51. The van der Waals surface area contributed by atoms with Crippen LogP contribution in [-0.2, 0) is 19.1 Å². The Labute approximate surface area is 164 Å². The van der Waals surface area contributed by atoms with Crippen molar-refractivity contribution in [3.63, 3.8) is 0 Å². The summed E-state index contributed by atoms with van der Waals surface area (Å²) in [7, 11) is 0. The van der Waals surface area contributed by atoms with Gasteiger partial charge >= 0.3 is 11.9 Å². The van der Waals surface area contributed by atoms with Crippen LogP contribution < -0.4 is 14.8 Å². The van der Waals surface area contributed by atoms with Gasteiger partial charge in [-0.15, -0.1) is 0 Å². The molecule has 0 spiro atoms. The predicted octanol–water partition coefficient (Wildman–Crippen LogP) is 3.16. The second kappa shape index (κ2) is 7.96. The smallest absolute Gasteiger partial charge is 0.337 e. The van der Waals surface area contributed by atoms with Crippen LogP contribution in [0, 0.1) is 0 Å². The summed E-state index contributed by atoms with van der Waals surface area (Å²) in [6.07, 6.45) is -0.299. The van der Waals surface area contributed by atoms with Gasteiger partial charge in [0.2, 0.25) is 6.79 Å². The number of allylic oxidation sites excluding steroid dienone is 2. The van der Waals surface area contributed by atoms with Crippen LogP contribution in [0.5, 0.6) is 11.5 Å². The number of hydrogen-bond acceptors (Lipinski definition) is 7. The van der Waals surface area contributed by atoms with Gasteiger partial charge in [0.25, 0.3) is 0 Å². The van der Waals surface area contributed by atoms with Crippen molar-refractivity contribution in [2.45, 2.75) is 46.6 Å². The molecule has 0 aliphatic carbocycles. The molecule has 0 aromatic heterocycles. The monoisotopic (exact) mass is 387 g/mol. The van der Waals surface area contributed by atoms with Crippen LogP contribution in [0.2, 0.25) is 0 Å². The third-order valence-electron chi connectivity index (χ3n) is 4.56. The second-order valence-corrected chi connectivity index (χ2v) is 6.89. The van der Waals surface area contributed by atoms with E-state index in [1.165, 1.54) is 0 Å². The molecule has 0 bridgehead atoms. The van der Waals surface area contributed by atoms with E-state index in [2.05, 4.69) is 5.32 Å². The Morgan fingerprint density at radius 2 is 1.82 bits per heavy atom. The molecule has 0 amide bonds. The number of carbonyl (C=O) groups excluding carboxylic acids is 2. The molecule has 28 heavy (non-hydrogen) atoms. The number of fused-ring (bicyclic) bond motifs is 1. The standard InChI is InChI=1S/C21H25NO6/c1-6-25-20(23)16-12(4)22-13(5)17(21(24)28-11(2)3)18(16)14-8-7-9-15-19(14)27-10-26-15/h7-9,11,18,22H,6,10H2,1-5H3. The van der Waals surface area contributed by atoms with Crippen LogP contribution in [0.25, 0.3) is 0 Å². The molecule has 7 heteroatoms. The summed E-state index contributed by atoms with van der Waals surface area (Å²) in [5, 5.41) is 3.13. The summed E-state index contributed by atoms with van der Waals surface area (Å²) < 4.78 is 21.9. The maximum absolute atomic E-state index is 13.0. The highest BCUT2D eigenvalue weighted by Crippen LogP contribution is 2.47. The number of carbonyl (C=O) groups is 2. The molecule has 2 heterocycles. The topological polar surface area (TPSA) is 83.1 Å². The highest BCUT2D eigenvalue weighted by Gasteiger charge is 2.40. The van der Waals surface area contributed by atoms with Crippen LogP contribution in [-0.4, -0.2) is 31.4 Å². The van der Waals surface area contributed by atoms with E-state index >= 15 is 0 Å². The minimum Gasteiger partial charge on any atom is -0.463 e. The molecule has 0 saturated carbocycles. The fraction of sp³-hybridized carbons (Fsp3) is 0.429. The summed E-state index contributed by atoms with van der Waals surface area (Å²) in [4.78, 5) is 25.8. The van der Waals surface area contributed by atoms with Crippen molar-refractivity contribution in [2.24, 2.45) is 0 Å². The first-order valence-electron chi connectivity index (χ1n) is 9.30. The molecule has 1 unspecified atom stereocenters. The molecule has 0 radical (unpaired) electrons. The third kappa shape index (κ3) is 3.56. The average molecular weight is 387 g/mol. The molecule has 1 N–H and O–H groups in total. The van der Waals surface area contributed by atoms with E-state index in [4.69, 9.17) is 18.9 Å². The molecule has 1 aromatic carbocycles. The maximum Gasteiger partial charge on any atom is 0.337 e. The Kier molecular flexibility index (Phi) is 5.63. The van der Waals surface area contributed by atoms with Gasteiger partial charge in [0.05, 0.1) is 29.8 Å². The van der Waals surface area contributed by atoms with Crippen molar-refractivity contribution < 1.29 is 28.5 Å². The van der Waals surface area contributed by atoms with Gasteiger partial charge in [-0.05, 0) is 40.7 Å². The SMILES string of the molecule is CCOC(=O)C1=C(C)NC(C)=C(C(=O)OC(C)C)C1c1cccc2c1OCO2. The summed E-state index contributed by atoms with van der Waals surface area (Å²) in [5.74, 6) is -0.576. The predicted molar refractivity (Wildman–Crippen MR) is 102 cm³/mol. The average Bonchev–Trinajstić information content (AvgIpc) is 3.09. The van der Waals surface area contributed by atoms with Crippen molar-refractivity contribution in [3.8, 4) is 11.5 Å². The number of nitrogens with one attached hydrogen (secondary N) is 1.